The highest BCUT2D eigenvalue weighted by atomic mass is 19.1. The van der Waals surface area contributed by atoms with Crippen LogP contribution in [0.1, 0.15) is 56.7 Å². The lowest BCUT2D eigenvalue weighted by Gasteiger charge is -2.46. The Morgan fingerprint density at radius 2 is 1.80 bits per heavy atom. The average Bonchev–Trinajstić information content (AvgIpc) is 2.39. The lowest BCUT2D eigenvalue weighted by molar-refractivity contribution is -0.0795. The van der Waals surface area contributed by atoms with Crippen LogP contribution in [-0.4, -0.2) is 12.7 Å². The van der Waals surface area contributed by atoms with Gasteiger partial charge < -0.3 is 10.5 Å². The molecule has 20 heavy (non-hydrogen) atoms. The van der Waals surface area contributed by atoms with Crippen LogP contribution < -0.4 is 5.73 Å². The van der Waals surface area contributed by atoms with E-state index in [0.717, 1.165) is 36.8 Å². The molecular weight excluding hydrogens is 253 g/mol. The van der Waals surface area contributed by atoms with Gasteiger partial charge in [-0.3, -0.25) is 0 Å². The van der Waals surface area contributed by atoms with Crippen LogP contribution in [0.5, 0.6) is 0 Å². The van der Waals surface area contributed by atoms with Crippen LogP contribution in [0, 0.1) is 18.2 Å². The highest BCUT2D eigenvalue weighted by Crippen LogP contribution is 2.46. The Balaban J connectivity index is 2.27. The van der Waals surface area contributed by atoms with Gasteiger partial charge in [0.1, 0.15) is 5.82 Å². The molecule has 1 atom stereocenters. The summed E-state index contributed by atoms with van der Waals surface area (Å²) in [5.41, 5.74) is 8.44. The first kappa shape index (κ1) is 15.5. The van der Waals surface area contributed by atoms with Crippen LogP contribution in [-0.2, 0) is 4.74 Å². The molecule has 0 heterocycles. The molecule has 2 nitrogen and oxygen atoms in total. The minimum atomic E-state index is -0.321. The lowest BCUT2D eigenvalue weighted by atomic mass is 9.67. The van der Waals surface area contributed by atoms with Crippen molar-refractivity contribution < 1.29 is 9.13 Å². The van der Waals surface area contributed by atoms with Crippen molar-refractivity contribution in [3.63, 3.8) is 0 Å². The van der Waals surface area contributed by atoms with E-state index in [-0.39, 0.29) is 17.5 Å². The molecule has 0 spiro atoms. The molecule has 2 rings (SSSR count). The van der Waals surface area contributed by atoms with Gasteiger partial charge in [-0.2, -0.15) is 0 Å². The maximum Gasteiger partial charge on any atom is 0.123 e. The Morgan fingerprint density at radius 3 is 2.30 bits per heavy atom. The second-order valence-corrected chi connectivity index (χ2v) is 6.91. The van der Waals surface area contributed by atoms with Crippen molar-refractivity contribution in [1.29, 1.82) is 0 Å². The van der Waals surface area contributed by atoms with Gasteiger partial charge in [0.2, 0.25) is 0 Å². The zero-order chi connectivity index (χ0) is 15.0. The molecule has 0 aromatic heterocycles. The summed E-state index contributed by atoms with van der Waals surface area (Å²) in [5, 5.41) is 0. The quantitative estimate of drug-likeness (QED) is 0.903. The van der Waals surface area contributed by atoms with Crippen molar-refractivity contribution >= 4 is 0 Å². The van der Waals surface area contributed by atoms with Gasteiger partial charge in [0.05, 0.1) is 11.6 Å². The normalized spacial score (nSPS) is 22.5. The first-order valence-corrected chi connectivity index (χ1v) is 7.36. The third-order valence-corrected chi connectivity index (χ3v) is 4.99. The standard InChI is InChI=1S/C17H26FNO/c1-12-11-13(18)5-6-14(12)15(19)17(20-4)9-7-16(2,3)8-10-17/h5-6,11,15H,7-10,19H2,1-4H3. The van der Waals surface area contributed by atoms with E-state index in [1.165, 1.54) is 6.07 Å². The van der Waals surface area contributed by atoms with Gasteiger partial charge in [-0.15, -0.1) is 0 Å². The van der Waals surface area contributed by atoms with Crippen molar-refractivity contribution in [1.82, 2.24) is 0 Å². The van der Waals surface area contributed by atoms with E-state index in [9.17, 15) is 4.39 Å². The van der Waals surface area contributed by atoms with E-state index in [1.807, 2.05) is 6.92 Å². The van der Waals surface area contributed by atoms with E-state index in [4.69, 9.17) is 10.5 Å². The van der Waals surface area contributed by atoms with Gasteiger partial charge in [0.15, 0.2) is 0 Å². The summed E-state index contributed by atoms with van der Waals surface area (Å²) in [6.45, 7) is 6.50. The number of hydrogen-bond donors (Lipinski definition) is 1. The van der Waals surface area contributed by atoms with Crippen LogP contribution in [0.2, 0.25) is 0 Å². The Hall–Kier alpha value is -0.930. The summed E-state index contributed by atoms with van der Waals surface area (Å²) in [7, 11) is 1.75. The Bertz CT molecular complexity index is 474. The number of ether oxygens (including phenoxy) is 1. The fourth-order valence-corrected chi connectivity index (χ4v) is 3.26. The minimum absolute atomic E-state index is 0.204. The molecule has 1 aromatic rings. The van der Waals surface area contributed by atoms with Crippen LogP contribution in [0.25, 0.3) is 0 Å². The van der Waals surface area contributed by atoms with Crippen molar-refractivity contribution in [2.75, 3.05) is 7.11 Å². The van der Waals surface area contributed by atoms with Gasteiger partial charge in [-0.05, 0) is 61.3 Å². The molecule has 1 fully saturated rings. The molecule has 112 valence electrons. The molecule has 0 saturated heterocycles. The van der Waals surface area contributed by atoms with Crippen LogP contribution in [0.15, 0.2) is 18.2 Å². The smallest absolute Gasteiger partial charge is 0.123 e. The fourth-order valence-electron chi connectivity index (χ4n) is 3.26. The number of hydrogen-bond acceptors (Lipinski definition) is 2. The molecule has 0 amide bonds. The van der Waals surface area contributed by atoms with E-state index in [0.29, 0.717) is 5.41 Å². The second kappa shape index (κ2) is 5.45. The first-order valence-electron chi connectivity index (χ1n) is 7.36. The molecule has 0 radical (unpaired) electrons. The molecule has 1 aliphatic carbocycles. The van der Waals surface area contributed by atoms with Crippen molar-refractivity contribution in [3.8, 4) is 0 Å². The largest absolute Gasteiger partial charge is 0.376 e. The number of rotatable bonds is 3. The molecule has 1 aromatic carbocycles. The molecule has 2 N–H and O–H groups in total. The number of halogens is 1. The van der Waals surface area contributed by atoms with E-state index in [1.54, 1.807) is 19.2 Å². The molecule has 3 heteroatoms. The predicted octanol–water partition coefficient (Wildman–Crippen LogP) is 4.12. The van der Waals surface area contributed by atoms with E-state index >= 15 is 0 Å². The number of aryl methyl sites for hydroxylation is 1. The van der Waals surface area contributed by atoms with Crippen molar-refractivity contribution in [2.45, 2.75) is 58.1 Å². The Kier molecular flexibility index (Phi) is 4.22. The summed E-state index contributed by atoms with van der Waals surface area (Å²) in [6, 6.07) is 4.63. The monoisotopic (exact) mass is 279 g/mol. The maximum atomic E-state index is 13.3. The summed E-state index contributed by atoms with van der Waals surface area (Å²) < 4.78 is 19.1. The number of nitrogens with two attached hydrogens (primary N) is 1. The molecule has 0 aliphatic heterocycles. The van der Waals surface area contributed by atoms with Crippen LogP contribution in [0.4, 0.5) is 4.39 Å². The summed E-state index contributed by atoms with van der Waals surface area (Å²) in [5.74, 6) is -0.213. The Labute approximate surface area is 121 Å². The minimum Gasteiger partial charge on any atom is -0.376 e. The SMILES string of the molecule is COC1(C(N)c2ccc(F)cc2C)CCC(C)(C)CC1. The van der Waals surface area contributed by atoms with Gasteiger partial charge in [0, 0.05) is 7.11 Å². The predicted molar refractivity (Wildman–Crippen MR) is 80.1 cm³/mol. The highest BCUT2D eigenvalue weighted by molar-refractivity contribution is 5.31. The zero-order valence-electron chi connectivity index (χ0n) is 13.0. The molecule has 1 saturated carbocycles. The Morgan fingerprint density at radius 1 is 1.20 bits per heavy atom. The lowest BCUT2D eigenvalue weighted by Crippen LogP contribution is -2.47. The number of benzene rings is 1. The average molecular weight is 279 g/mol. The third kappa shape index (κ3) is 2.89. The first-order chi connectivity index (χ1) is 9.30. The van der Waals surface area contributed by atoms with E-state index in [2.05, 4.69) is 13.8 Å². The number of methoxy groups -OCH3 is 1. The summed E-state index contributed by atoms with van der Waals surface area (Å²) in [6.07, 6.45) is 4.12. The van der Waals surface area contributed by atoms with Gasteiger partial charge in [-0.25, -0.2) is 4.39 Å². The van der Waals surface area contributed by atoms with Crippen molar-refractivity contribution in [2.24, 2.45) is 11.1 Å². The molecule has 0 bridgehead atoms. The van der Waals surface area contributed by atoms with Crippen molar-refractivity contribution in [3.05, 3.63) is 35.1 Å². The summed E-state index contributed by atoms with van der Waals surface area (Å²) in [4.78, 5) is 0. The van der Waals surface area contributed by atoms with Gasteiger partial charge in [-0.1, -0.05) is 19.9 Å². The second-order valence-electron chi connectivity index (χ2n) is 6.91. The van der Waals surface area contributed by atoms with Gasteiger partial charge >= 0.3 is 0 Å². The highest BCUT2D eigenvalue weighted by Gasteiger charge is 2.43. The topological polar surface area (TPSA) is 35.2 Å². The fraction of sp³-hybridized carbons (Fsp3) is 0.647. The third-order valence-electron chi connectivity index (χ3n) is 4.99. The molecular formula is C17H26FNO. The molecule has 1 aliphatic rings. The maximum absolute atomic E-state index is 13.3. The summed E-state index contributed by atoms with van der Waals surface area (Å²) >= 11 is 0. The molecule has 1 unspecified atom stereocenters. The van der Waals surface area contributed by atoms with Crippen LogP contribution in [0.3, 0.4) is 0 Å². The van der Waals surface area contributed by atoms with E-state index < -0.39 is 0 Å². The van der Waals surface area contributed by atoms with Crippen LogP contribution >= 0.6 is 0 Å². The zero-order valence-corrected chi connectivity index (χ0v) is 13.0. The van der Waals surface area contributed by atoms with Gasteiger partial charge in [0.25, 0.3) is 0 Å².